The highest BCUT2D eigenvalue weighted by Crippen LogP contribution is 2.38. The molecule has 0 bridgehead atoms. The van der Waals surface area contributed by atoms with E-state index in [-0.39, 0.29) is 18.2 Å². The van der Waals surface area contributed by atoms with E-state index >= 15 is 0 Å². The Hall–Kier alpha value is -3.06. The lowest BCUT2D eigenvalue weighted by atomic mass is 10.1. The lowest BCUT2D eigenvalue weighted by Gasteiger charge is -2.33. The predicted octanol–water partition coefficient (Wildman–Crippen LogP) is 4.56. The summed E-state index contributed by atoms with van der Waals surface area (Å²) in [5.74, 6) is -0.445. The van der Waals surface area contributed by atoms with E-state index in [1.54, 1.807) is 24.3 Å². The Morgan fingerprint density at radius 2 is 1.93 bits per heavy atom. The van der Waals surface area contributed by atoms with Gasteiger partial charge in [-0.25, -0.2) is 9.37 Å². The van der Waals surface area contributed by atoms with Gasteiger partial charge in [0.05, 0.1) is 22.9 Å². The van der Waals surface area contributed by atoms with Crippen molar-refractivity contribution < 1.29 is 18.7 Å². The molecule has 2 heterocycles. The molecule has 29 heavy (non-hydrogen) atoms. The number of ketones is 1. The third kappa shape index (κ3) is 3.65. The van der Waals surface area contributed by atoms with Gasteiger partial charge in [-0.3, -0.25) is 14.5 Å². The Kier molecular flexibility index (Phi) is 4.92. The topological polar surface area (TPSA) is 59.5 Å². The molecule has 148 valence electrons. The molecule has 0 aliphatic carbocycles. The van der Waals surface area contributed by atoms with Gasteiger partial charge in [-0.15, -0.1) is 11.3 Å². The van der Waals surface area contributed by atoms with Crippen LogP contribution in [0.5, 0.6) is 5.75 Å². The fraction of sp³-hybridized carbons (Fsp3) is 0.227. The van der Waals surface area contributed by atoms with Crippen LogP contribution in [0.25, 0.3) is 11.3 Å². The Morgan fingerprint density at radius 3 is 2.59 bits per heavy atom. The van der Waals surface area contributed by atoms with Crippen LogP contribution in [0.3, 0.4) is 0 Å². The molecule has 2 aromatic carbocycles. The number of benzene rings is 2. The number of aryl methyl sites for hydroxylation is 2. The van der Waals surface area contributed by atoms with Crippen LogP contribution in [0.2, 0.25) is 0 Å². The average molecular weight is 410 g/mol. The molecule has 1 aromatic heterocycles. The number of ether oxygens (including phenoxy) is 1. The predicted molar refractivity (Wildman–Crippen MR) is 110 cm³/mol. The number of halogens is 1. The summed E-state index contributed by atoms with van der Waals surface area (Å²) in [6.45, 7) is 5.45. The van der Waals surface area contributed by atoms with Gasteiger partial charge >= 0.3 is 0 Å². The van der Waals surface area contributed by atoms with Gasteiger partial charge in [0.15, 0.2) is 11.9 Å². The van der Waals surface area contributed by atoms with Crippen LogP contribution in [0, 0.1) is 19.7 Å². The lowest BCUT2D eigenvalue weighted by Crippen LogP contribution is -2.46. The number of hydrogen-bond donors (Lipinski definition) is 0. The molecule has 0 saturated heterocycles. The van der Waals surface area contributed by atoms with Crippen molar-refractivity contribution in [2.45, 2.75) is 26.9 Å². The maximum absolute atomic E-state index is 13.2. The van der Waals surface area contributed by atoms with Crippen molar-refractivity contribution in [1.82, 2.24) is 4.98 Å². The summed E-state index contributed by atoms with van der Waals surface area (Å²) in [5, 5.41) is 0.958. The highest BCUT2D eigenvalue weighted by Gasteiger charge is 2.33. The zero-order valence-corrected chi connectivity index (χ0v) is 17.0. The average Bonchev–Trinajstić information content (AvgIpc) is 3.03. The second kappa shape index (κ2) is 7.40. The number of hydrogen-bond acceptors (Lipinski definition) is 5. The summed E-state index contributed by atoms with van der Waals surface area (Å²) in [4.78, 5) is 32.6. The largest absolute Gasteiger partial charge is 0.479 e. The molecule has 0 N–H and O–H groups in total. The van der Waals surface area contributed by atoms with E-state index in [1.807, 2.05) is 26.0 Å². The van der Waals surface area contributed by atoms with Gasteiger partial charge in [0.25, 0.3) is 5.91 Å². The van der Waals surface area contributed by atoms with Gasteiger partial charge in [0.2, 0.25) is 0 Å². The first-order valence-electron chi connectivity index (χ1n) is 9.18. The van der Waals surface area contributed by atoms with Crippen molar-refractivity contribution in [3.63, 3.8) is 0 Å². The fourth-order valence-corrected chi connectivity index (χ4v) is 4.22. The first-order chi connectivity index (χ1) is 13.8. The zero-order valence-electron chi connectivity index (χ0n) is 16.2. The molecular formula is C22H19FN2O3S. The van der Waals surface area contributed by atoms with E-state index in [2.05, 4.69) is 4.98 Å². The second-order valence-corrected chi connectivity index (χ2v) is 8.34. The number of carbonyl (C=O) groups excluding carboxylic acids is 2. The molecule has 0 radical (unpaired) electrons. The number of amides is 1. The van der Waals surface area contributed by atoms with E-state index in [4.69, 9.17) is 4.74 Å². The van der Waals surface area contributed by atoms with Crippen molar-refractivity contribution in [2.24, 2.45) is 0 Å². The number of Topliss-reactive ketones (excluding diaryl/α,β-unsaturated/α-hetero) is 1. The molecule has 1 atom stereocenters. The van der Waals surface area contributed by atoms with E-state index in [0.29, 0.717) is 17.0 Å². The van der Waals surface area contributed by atoms with Crippen LogP contribution in [-0.4, -0.2) is 29.3 Å². The van der Waals surface area contributed by atoms with Crippen molar-refractivity contribution in [1.29, 1.82) is 0 Å². The summed E-state index contributed by atoms with van der Waals surface area (Å²) in [7, 11) is 0. The smallest absolute Gasteiger partial charge is 0.268 e. The summed E-state index contributed by atoms with van der Waals surface area (Å²) in [6, 6.07) is 10.8. The number of carbonyl (C=O) groups is 2. The van der Waals surface area contributed by atoms with E-state index < -0.39 is 11.9 Å². The third-order valence-electron chi connectivity index (χ3n) is 4.81. The number of nitrogens with zero attached hydrogens (tertiary/aromatic N) is 2. The van der Waals surface area contributed by atoms with Crippen molar-refractivity contribution >= 4 is 28.7 Å². The van der Waals surface area contributed by atoms with Gasteiger partial charge in [-0.05, 0) is 63.2 Å². The highest BCUT2D eigenvalue weighted by atomic mass is 32.1. The van der Waals surface area contributed by atoms with E-state index in [0.717, 1.165) is 21.1 Å². The van der Waals surface area contributed by atoms with Crippen LogP contribution >= 0.6 is 11.3 Å². The van der Waals surface area contributed by atoms with Gasteiger partial charge in [0, 0.05) is 16.0 Å². The monoisotopic (exact) mass is 410 g/mol. The van der Waals surface area contributed by atoms with Gasteiger partial charge < -0.3 is 4.74 Å². The van der Waals surface area contributed by atoms with Crippen molar-refractivity contribution in [3.05, 3.63) is 63.7 Å². The maximum Gasteiger partial charge on any atom is 0.268 e. The molecule has 0 saturated carbocycles. The Labute approximate surface area is 171 Å². The highest BCUT2D eigenvalue weighted by molar-refractivity contribution is 7.11. The molecule has 7 heteroatoms. The Balaban J connectivity index is 1.72. The molecule has 1 amide bonds. The standard InChI is InChI=1S/C22H19FN2O3S/c1-12-22(27)25(11-19(26)15-4-7-17(23)8-5-15)18-10-16(6-9-20(18)28-12)21-13(2)29-14(3)24-21/h4-10,12H,11H2,1-3H3. The number of fused-ring (bicyclic) bond motifs is 1. The third-order valence-corrected chi connectivity index (χ3v) is 5.70. The second-order valence-electron chi connectivity index (χ2n) is 6.93. The molecule has 1 unspecified atom stereocenters. The normalized spacial score (nSPS) is 15.8. The van der Waals surface area contributed by atoms with Gasteiger partial charge in [-0.1, -0.05) is 0 Å². The lowest BCUT2D eigenvalue weighted by molar-refractivity contribution is -0.125. The zero-order chi connectivity index (χ0) is 20.7. The first-order valence-corrected chi connectivity index (χ1v) is 10.0. The van der Waals surface area contributed by atoms with Crippen molar-refractivity contribution in [3.8, 4) is 17.0 Å². The van der Waals surface area contributed by atoms with Crippen LogP contribution in [0.4, 0.5) is 10.1 Å². The quantitative estimate of drug-likeness (QED) is 0.592. The van der Waals surface area contributed by atoms with E-state index in [1.165, 1.54) is 29.2 Å². The fourth-order valence-electron chi connectivity index (χ4n) is 3.38. The molecule has 3 aromatic rings. The summed E-state index contributed by atoms with van der Waals surface area (Å²) in [5.41, 5.74) is 2.59. The van der Waals surface area contributed by atoms with Crippen molar-refractivity contribution in [2.75, 3.05) is 11.4 Å². The van der Waals surface area contributed by atoms with Gasteiger partial charge in [-0.2, -0.15) is 0 Å². The SMILES string of the molecule is Cc1nc(-c2ccc3c(c2)N(CC(=O)c2ccc(F)cc2)C(=O)C(C)O3)c(C)s1. The Bertz CT molecular complexity index is 1110. The minimum absolute atomic E-state index is 0.149. The van der Waals surface area contributed by atoms with Crippen LogP contribution in [0.15, 0.2) is 42.5 Å². The Morgan fingerprint density at radius 1 is 1.21 bits per heavy atom. The molecular weight excluding hydrogens is 391 g/mol. The molecule has 1 aliphatic heterocycles. The number of thiazole rings is 1. The molecule has 4 rings (SSSR count). The van der Waals surface area contributed by atoms with Crippen LogP contribution < -0.4 is 9.64 Å². The van der Waals surface area contributed by atoms with Crippen LogP contribution in [-0.2, 0) is 4.79 Å². The first kappa shape index (κ1) is 19.3. The molecule has 5 nitrogen and oxygen atoms in total. The summed E-state index contributed by atoms with van der Waals surface area (Å²) < 4.78 is 18.9. The summed E-state index contributed by atoms with van der Waals surface area (Å²) >= 11 is 1.60. The minimum atomic E-state index is -0.697. The van der Waals surface area contributed by atoms with Crippen LogP contribution in [0.1, 0.15) is 27.2 Å². The molecule has 0 spiro atoms. The maximum atomic E-state index is 13.2. The number of anilines is 1. The molecule has 0 fully saturated rings. The number of rotatable bonds is 4. The molecule has 1 aliphatic rings. The van der Waals surface area contributed by atoms with E-state index in [9.17, 15) is 14.0 Å². The van der Waals surface area contributed by atoms with Gasteiger partial charge in [0.1, 0.15) is 11.6 Å². The number of aromatic nitrogens is 1. The summed E-state index contributed by atoms with van der Waals surface area (Å²) in [6.07, 6.45) is -0.697. The minimum Gasteiger partial charge on any atom is -0.479 e.